The van der Waals surface area contributed by atoms with Crippen molar-refractivity contribution in [2.75, 3.05) is 26.7 Å². The molecule has 0 bridgehead atoms. The fraction of sp³-hybridized carbons (Fsp3) is 0.571. The molecule has 2 N–H and O–H groups in total. The van der Waals surface area contributed by atoms with Gasteiger partial charge in [-0.3, -0.25) is 0 Å². The average Bonchev–Trinajstić information content (AvgIpc) is 2.32. The molecular formula is C14H24N2O. The second-order valence-electron chi connectivity index (χ2n) is 4.31. The molecule has 0 saturated carbocycles. The van der Waals surface area contributed by atoms with Gasteiger partial charge in [-0.25, -0.2) is 0 Å². The normalized spacial score (nSPS) is 10.8. The van der Waals surface area contributed by atoms with Crippen LogP contribution in [-0.2, 0) is 6.54 Å². The molecule has 0 radical (unpaired) electrons. The maximum Gasteiger partial charge on any atom is 0.119 e. The Balaban J connectivity index is 2.34. The summed E-state index contributed by atoms with van der Waals surface area (Å²) < 4.78 is 5.42. The Morgan fingerprint density at radius 3 is 2.47 bits per heavy atom. The standard InChI is InChI=1S/C14H24N2O/c1-3-17-14-8-6-13(7-9-14)12-16(2)11-5-4-10-15/h6-9H,3-5,10-12,15H2,1-2H3. The van der Waals surface area contributed by atoms with Crippen molar-refractivity contribution in [2.45, 2.75) is 26.3 Å². The van der Waals surface area contributed by atoms with Crippen molar-refractivity contribution in [2.24, 2.45) is 5.73 Å². The maximum absolute atomic E-state index is 5.48. The monoisotopic (exact) mass is 236 g/mol. The van der Waals surface area contributed by atoms with Gasteiger partial charge >= 0.3 is 0 Å². The first-order valence-electron chi connectivity index (χ1n) is 6.36. The van der Waals surface area contributed by atoms with Gasteiger partial charge in [0.05, 0.1) is 6.61 Å². The van der Waals surface area contributed by atoms with Crippen LogP contribution in [0.1, 0.15) is 25.3 Å². The third-order valence-corrected chi connectivity index (χ3v) is 2.68. The Kier molecular flexibility index (Phi) is 6.67. The largest absolute Gasteiger partial charge is 0.494 e. The molecule has 0 unspecified atom stereocenters. The van der Waals surface area contributed by atoms with Crippen molar-refractivity contribution in [3.63, 3.8) is 0 Å². The van der Waals surface area contributed by atoms with E-state index in [2.05, 4.69) is 24.1 Å². The highest BCUT2D eigenvalue weighted by atomic mass is 16.5. The van der Waals surface area contributed by atoms with Gasteiger partial charge in [0.1, 0.15) is 5.75 Å². The van der Waals surface area contributed by atoms with E-state index in [1.807, 2.05) is 19.1 Å². The lowest BCUT2D eigenvalue weighted by molar-refractivity contribution is 0.318. The molecule has 0 heterocycles. The van der Waals surface area contributed by atoms with E-state index in [0.717, 1.165) is 38.4 Å². The first kappa shape index (κ1) is 14.0. The Morgan fingerprint density at radius 2 is 1.88 bits per heavy atom. The first-order valence-corrected chi connectivity index (χ1v) is 6.36. The van der Waals surface area contributed by atoms with Crippen molar-refractivity contribution >= 4 is 0 Å². The van der Waals surface area contributed by atoms with Crippen LogP contribution in [0.2, 0.25) is 0 Å². The van der Waals surface area contributed by atoms with E-state index in [1.54, 1.807) is 0 Å². The van der Waals surface area contributed by atoms with Crippen LogP contribution in [0.15, 0.2) is 24.3 Å². The Bertz CT molecular complexity index is 298. The van der Waals surface area contributed by atoms with E-state index < -0.39 is 0 Å². The van der Waals surface area contributed by atoms with Gasteiger partial charge in [-0.15, -0.1) is 0 Å². The zero-order valence-corrected chi connectivity index (χ0v) is 11.0. The summed E-state index contributed by atoms with van der Waals surface area (Å²) in [6.07, 6.45) is 2.28. The van der Waals surface area contributed by atoms with Gasteiger partial charge in [-0.05, 0) is 57.6 Å². The minimum atomic E-state index is 0.721. The zero-order chi connectivity index (χ0) is 12.5. The average molecular weight is 236 g/mol. The molecule has 0 aliphatic carbocycles. The Hall–Kier alpha value is -1.06. The number of nitrogens with two attached hydrogens (primary N) is 1. The van der Waals surface area contributed by atoms with Gasteiger partial charge in [-0.1, -0.05) is 12.1 Å². The lowest BCUT2D eigenvalue weighted by Gasteiger charge is -2.16. The number of nitrogens with zero attached hydrogens (tertiary/aromatic N) is 1. The molecule has 0 saturated heterocycles. The van der Waals surface area contributed by atoms with E-state index in [-0.39, 0.29) is 0 Å². The van der Waals surface area contributed by atoms with Crippen molar-refractivity contribution < 1.29 is 4.74 Å². The van der Waals surface area contributed by atoms with E-state index in [1.165, 1.54) is 12.0 Å². The highest BCUT2D eigenvalue weighted by Crippen LogP contribution is 2.13. The quantitative estimate of drug-likeness (QED) is 0.704. The topological polar surface area (TPSA) is 38.5 Å². The summed E-state index contributed by atoms with van der Waals surface area (Å²) in [4.78, 5) is 2.32. The molecule has 0 aliphatic rings. The number of unbranched alkanes of at least 4 members (excludes halogenated alkanes) is 1. The van der Waals surface area contributed by atoms with Crippen LogP contribution in [0, 0.1) is 0 Å². The maximum atomic E-state index is 5.48. The van der Waals surface area contributed by atoms with Gasteiger partial charge in [0.15, 0.2) is 0 Å². The van der Waals surface area contributed by atoms with Crippen molar-refractivity contribution in [1.29, 1.82) is 0 Å². The number of hydrogen-bond acceptors (Lipinski definition) is 3. The van der Waals surface area contributed by atoms with Crippen molar-refractivity contribution in [1.82, 2.24) is 4.90 Å². The number of benzene rings is 1. The fourth-order valence-corrected chi connectivity index (χ4v) is 1.77. The van der Waals surface area contributed by atoms with Crippen molar-refractivity contribution in [3.05, 3.63) is 29.8 Å². The van der Waals surface area contributed by atoms with Gasteiger partial charge in [-0.2, -0.15) is 0 Å². The summed E-state index contributed by atoms with van der Waals surface area (Å²) in [5, 5.41) is 0. The molecule has 1 aromatic carbocycles. The van der Waals surface area contributed by atoms with Crippen LogP contribution in [0.4, 0.5) is 0 Å². The molecule has 0 aromatic heterocycles. The number of ether oxygens (including phenoxy) is 1. The van der Waals surface area contributed by atoms with Crippen LogP contribution in [0.3, 0.4) is 0 Å². The number of hydrogen-bond donors (Lipinski definition) is 1. The minimum absolute atomic E-state index is 0.721. The highest BCUT2D eigenvalue weighted by Gasteiger charge is 2.00. The third-order valence-electron chi connectivity index (χ3n) is 2.68. The zero-order valence-electron chi connectivity index (χ0n) is 11.0. The molecule has 96 valence electrons. The van der Waals surface area contributed by atoms with Gasteiger partial charge < -0.3 is 15.4 Å². The molecule has 3 heteroatoms. The fourth-order valence-electron chi connectivity index (χ4n) is 1.77. The SMILES string of the molecule is CCOc1ccc(CN(C)CCCCN)cc1. The van der Waals surface area contributed by atoms with E-state index in [0.29, 0.717) is 0 Å². The van der Waals surface area contributed by atoms with Gasteiger partial charge in [0.2, 0.25) is 0 Å². The summed E-state index contributed by atoms with van der Waals surface area (Å²) in [5.74, 6) is 0.946. The molecule has 3 nitrogen and oxygen atoms in total. The lowest BCUT2D eigenvalue weighted by atomic mass is 10.2. The molecule has 1 aromatic rings. The molecule has 0 spiro atoms. The second-order valence-corrected chi connectivity index (χ2v) is 4.31. The Labute approximate surface area is 105 Å². The Morgan fingerprint density at radius 1 is 1.18 bits per heavy atom. The van der Waals surface area contributed by atoms with E-state index >= 15 is 0 Å². The molecule has 0 aliphatic heterocycles. The summed E-state index contributed by atoms with van der Waals surface area (Å²) in [7, 11) is 2.15. The molecule has 0 amide bonds. The van der Waals surface area contributed by atoms with Crippen molar-refractivity contribution in [3.8, 4) is 5.75 Å². The van der Waals surface area contributed by atoms with E-state index in [9.17, 15) is 0 Å². The van der Waals surface area contributed by atoms with Crippen LogP contribution in [0.25, 0.3) is 0 Å². The molecule has 0 fully saturated rings. The summed E-state index contributed by atoms with van der Waals surface area (Å²) in [6.45, 7) is 5.59. The number of rotatable bonds is 8. The van der Waals surface area contributed by atoms with Crippen LogP contribution < -0.4 is 10.5 Å². The first-order chi connectivity index (χ1) is 8.26. The molecule has 0 atom stereocenters. The predicted molar refractivity (Wildman–Crippen MR) is 72.2 cm³/mol. The van der Waals surface area contributed by atoms with Gasteiger partial charge in [0.25, 0.3) is 0 Å². The van der Waals surface area contributed by atoms with Crippen LogP contribution >= 0.6 is 0 Å². The molecular weight excluding hydrogens is 212 g/mol. The summed E-state index contributed by atoms with van der Waals surface area (Å²) in [5.41, 5.74) is 6.80. The molecule has 1 rings (SSSR count). The van der Waals surface area contributed by atoms with Crippen LogP contribution in [-0.4, -0.2) is 31.6 Å². The molecule has 17 heavy (non-hydrogen) atoms. The van der Waals surface area contributed by atoms with E-state index in [4.69, 9.17) is 10.5 Å². The highest BCUT2D eigenvalue weighted by molar-refractivity contribution is 5.27. The summed E-state index contributed by atoms with van der Waals surface area (Å²) >= 11 is 0. The predicted octanol–water partition coefficient (Wildman–Crippen LogP) is 2.26. The smallest absolute Gasteiger partial charge is 0.119 e. The van der Waals surface area contributed by atoms with Gasteiger partial charge in [0, 0.05) is 6.54 Å². The summed E-state index contributed by atoms with van der Waals surface area (Å²) in [6, 6.07) is 8.33. The lowest BCUT2D eigenvalue weighted by Crippen LogP contribution is -2.19. The van der Waals surface area contributed by atoms with Crippen LogP contribution in [0.5, 0.6) is 5.75 Å². The second kappa shape index (κ2) is 8.09. The third kappa shape index (κ3) is 5.71. The minimum Gasteiger partial charge on any atom is -0.494 e.